The van der Waals surface area contributed by atoms with Crippen LogP contribution >= 0.6 is 0 Å². The van der Waals surface area contributed by atoms with Crippen molar-refractivity contribution < 1.29 is 4.74 Å². The normalized spacial score (nSPS) is 11.1. The summed E-state index contributed by atoms with van der Waals surface area (Å²) >= 11 is 0. The van der Waals surface area contributed by atoms with E-state index >= 15 is 0 Å². The summed E-state index contributed by atoms with van der Waals surface area (Å²) in [6, 6.07) is 8.12. The van der Waals surface area contributed by atoms with Crippen molar-refractivity contribution >= 4 is 0 Å². The monoisotopic (exact) mass is 273 g/mol. The third-order valence-corrected chi connectivity index (χ3v) is 3.18. The van der Waals surface area contributed by atoms with E-state index < -0.39 is 0 Å². The van der Waals surface area contributed by atoms with Crippen molar-refractivity contribution in [1.82, 2.24) is 15.5 Å². The van der Waals surface area contributed by atoms with E-state index in [2.05, 4.69) is 48.4 Å². The van der Waals surface area contributed by atoms with Crippen LogP contribution in [0.15, 0.2) is 24.3 Å². The van der Waals surface area contributed by atoms with Crippen molar-refractivity contribution in [2.75, 3.05) is 13.7 Å². The summed E-state index contributed by atoms with van der Waals surface area (Å²) in [5.41, 5.74) is 4.43. The first kappa shape index (κ1) is 14.6. The minimum absolute atomic E-state index is 0.535. The molecule has 4 heteroatoms. The van der Waals surface area contributed by atoms with Crippen molar-refractivity contribution in [3.8, 4) is 17.0 Å². The predicted molar refractivity (Wildman–Crippen MR) is 81.9 cm³/mol. The topological polar surface area (TPSA) is 49.9 Å². The number of nitrogens with one attached hydrogen (secondary N) is 2. The fourth-order valence-electron chi connectivity index (χ4n) is 2.04. The largest absolute Gasteiger partial charge is 0.493 e. The highest BCUT2D eigenvalue weighted by Crippen LogP contribution is 2.25. The van der Waals surface area contributed by atoms with Crippen LogP contribution in [0.2, 0.25) is 0 Å². The Morgan fingerprint density at radius 3 is 2.55 bits per heavy atom. The van der Waals surface area contributed by atoms with Gasteiger partial charge >= 0.3 is 0 Å². The molecule has 0 aliphatic heterocycles. The number of aromatic amines is 1. The van der Waals surface area contributed by atoms with Gasteiger partial charge < -0.3 is 10.1 Å². The van der Waals surface area contributed by atoms with Gasteiger partial charge in [-0.2, -0.15) is 5.10 Å². The SMILES string of the molecule is CNCc1[nH]nc(-c2ccc(OCC(C)C)cc2)c1C. The number of nitrogens with zero attached hydrogens (tertiary/aromatic N) is 1. The van der Waals surface area contributed by atoms with Crippen molar-refractivity contribution in [3.63, 3.8) is 0 Å². The summed E-state index contributed by atoms with van der Waals surface area (Å²) < 4.78 is 5.69. The van der Waals surface area contributed by atoms with Gasteiger partial charge in [0.25, 0.3) is 0 Å². The molecule has 4 nitrogen and oxygen atoms in total. The molecular formula is C16H23N3O. The number of rotatable bonds is 6. The summed E-state index contributed by atoms with van der Waals surface area (Å²) in [5.74, 6) is 1.44. The molecule has 2 N–H and O–H groups in total. The first-order valence-corrected chi connectivity index (χ1v) is 7.03. The molecule has 2 rings (SSSR count). The van der Waals surface area contributed by atoms with Gasteiger partial charge in [0, 0.05) is 12.1 Å². The van der Waals surface area contributed by atoms with Gasteiger partial charge in [0.1, 0.15) is 5.75 Å². The maximum absolute atomic E-state index is 5.69. The zero-order chi connectivity index (χ0) is 14.5. The van der Waals surface area contributed by atoms with Crippen molar-refractivity contribution in [2.45, 2.75) is 27.3 Å². The molecule has 0 fully saturated rings. The smallest absolute Gasteiger partial charge is 0.119 e. The fourth-order valence-corrected chi connectivity index (χ4v) is 2.04. The first-order valence-electron chi connectivity index (χ1n) is 7.03. The fraction of sp³-hybridized carbons (Fsp3) is 0.438. The minimum Gasteiger partial charge on any atom is -0.493 e. The number of aromatic nitrogens is 2. The highest BCUT2D eigenvalue weighted by atomic mass is 16.5. The molecule has 0 bridgehead atoms. The Morgan fingerprint density at radius 1 is 1.25 bits per heavy atom. The Morgan fingerprint density at radius 2 is 1.95 bits per heavy atom. The second kappa shape index (κ2) is 6.57. The van der Waals surface area contributed by atoms with Crippen LogP contribution in [0.3, 0.4) is 0 Å². The molecule has 108 valence electrons. The van der Waals surface area contributed by atoms with Gasteiger partial charge in [-0.25, -0.2) is 0 Å². The van der Waals surface area contributed by atoms with Gasteiger partial charge in [-0.05, 0) is 49.7 Å². The Balaban J connectivity index is 2.13. The molecule has 0 saturated carbocycles. The van der Waals surface area contributed by atoms with Crippen LogP contribution in [-0.2, 0) is 6.54 Å². The molecule has 1 aromatic carbocycles. The lowest BCUT2D eigenvalue weighted by molar-refractivity contribution is 0.271. The highest BCUT2D eigenvalue weighted by molar-refractivity contribution is 5.64. The standard InChI is InChI=1S/C16H23N3O/c1-11(2)10-20-14-7-5-13(6-8-14)16-12(3)15(9-17-4)18-19-16/h5-8,11,17H,9-10H2,1-4H3,(H,18,19). The Labute approximate surface area is 120 Å². The maximum atomic E-state index is 5.69. The van der Waals surface area contributed by atoms with Gasteiger partial charge in [-0.3, -0.25) is 5.10 Å². The summed E-state index contributed by atoms with van der Waals surface area (Å²) in [5, 5.41) is 10.6. The minimum atomic E-state index is 0.535. The molecule has 0 unspecified atom stereocenters. The molecule has 1 aromatic heterocycles. The third-order valence-electron chi connectivity index (χ3n) is 3.18. The summed E-state index contributed by atoms with van der Waals surface area (Å²) in [7, 11) is 1.93. The first-order chi connectivity index (χ1) is 9.61. The quantitative estimate of drug-likeness (QED) is 0.850. The molecule has 20 heavy (non-hydrogen) atoms. The van der Waals surface area contributed by atoms with Crippen LogP contribution in [0.5, 0.6) is 5.75 Å². The average Bonchev–Trinajstić information content (AvgIpc) is 2.79. The lowest BCUT2D eigenvalue weighted by Crippen LogP contribution is -2.06. The number of hydrogen-bond acceptors (Lipinski definition) is 3. The van der Waals surface area contributed by atoms with E-state index in [0.29, 0.717) is 5.92 Å². The lowest BCUT2D eigenvalue weighted by atomic mass is 10.1. The molecule has 1 heterocycles. The van der Waals surface area contributed by atoms with Crippen molar-refractivity contribution in [2.24, 2.45) is 5.92 Å². The molecule has 0 atom stereocenters. The maximum Gasteiger partial charge on any atom is 0.119 e. The van der Waals surface area contributed by atoms with E-state index in [0.717, 1.165) is 35.9 Å². The van der Waals surface area contributed by atoms with Crippen LogP contribution in [0, 0.1) is 12.8 Å². The van der Waals surface area contributed by atoms with E-state index in [1.165, 1.54) is 5.56 Å². The van der Waals surface area contributed by atoms with Crippen molar-refractivity contribution in [1.29, 1.82) is 0 Å². The molecular weight excluding hydrogens is 250 g/mol. The predicted octanol–water partition coefficient (Wildman–Crippen LogP) is 3.14. The second-order valence-corrected chi connectivity index (χ2v) is 5.44. The average molecular weight is 273 g/mol. The lowest BCUT2D eigenvalue weighted by Gasteiger charge is -2.09. The Bertz CT molecular complexity index is 543. The van der Waals surface area contributed by atoms with E-state index in [4.69, 9.17) is 4.74 Å². The molecule has 0 radical (unpaired) electrons. The van der Waals surface area contributed by atoms with E-state index in [9.17, 15) is 0 Å². The molecule has 0 spiro atoms. The van der Waals surface area contributed by atoms with Gasteiger partial charge in [-0.15, -0.1) is 0 Å². The summed E-state index contributed by atoms with van der Waals surface area (Å²) in [6.07, 6.45) is 0. The van der Waals surface area contributed by atoms with Crippen LogP contribution < -0.4 is 10.1 Å². The number of ether oxygens (including phenoxy) is 1. The van der Waals surface area contributed by atoms with Crippen LogP contribution in [0.4, 0.5) is 0 Å². The van der Waals surface area contributed by atoms with Crippen LogP contribution in [0.1, 0.15) is 25.1 Å². The number of hydrogen-bond donors (Lipinski definition) is 2. The van der Waals surface area contributed by atoms with Gasteiger partial charge in [0.05, 0.1) is 18.0 Å². The Kier molecular flexibility index (Phi) is 4.79. The Hall–Kier alpha value is -1.81. The van der Waals surface area contributed by atoms with Gasteiger partial charge in [0.15, 0.2) is 0 Å². The van der Waals surface area contributed by atoms with Gasteiger partial charge in [-0.1, -0.05) is 13.8 Å². The number of H-pyrrole nitrogens is 1. The van der Waals surface area contributed by atoms with Gasteiger partial charge in [0.2, 0.25) is 0 Å². The van der Waals surface area contributed by atoms with Crippen LogP contribution in [0.25, 0.3) is 11.3 Å². The second-order valence-electron chi connectivity index (χ2n) is 5.44. The summed E-state index contributed by atoms with van der Waals surface area (Å²) in [6.45, 7) is 7.92. The molecule has 0 aliphatic rings. The third kappa shape index (κ3) is 3.39. The van der Waals surface area contributed by atoms with Crippen molar-refractivity contribution in [3.05, 3.63) is 35.5 Å². The van der Waals surface area contributed by atoms with E-state index in [1.807, 2.05) is 19.2 Å². The summed E-state index contributed by atoms with van der Waals surface area (Å²) in [4.78, 5) is 0. The van der Waals surface area contributed by atoms with E-state index in [-0.39, 0.29) is 0 Å². The highest BCUT2D eigenvalue weighted by Gasteiger charge is 2.10. The van der Waals surface area contributed by atoms with Crippen LogP contribution in [-0.4, -0.2) is 23.9 Å². The molecule has 0 aliphatic carbocycles. The zero-order valence-electron chi connectivity index (χ0n) is 12.7. The molecule has 0 amide bonds. The molecule has 0 saturated heterocycles. The van der Waals surface area contributed by atoms with E-state index in [1.54, 1.807) is 0 Å². The zero-order valence-corrected chi connectivity index (χ0v) is 12.7. The molecule has 2 aromatic rings. The number of benzene rings is 1.